The van der Waals surface area contributed by atoms with Gasteiger partial charge >= 0.3 is 6.09 Å². The molecule has 2 aliphatic heterocycles. The monoisotopic (exact) mass is 597 g/mol. The maximum atomic E-state index is 15.7. The van der Waals surface area contributed by atoms with E-state index >= 15 is 8.78 Å². The summed E-state index contributed by atoms with van der Waals surface area (Å²) >= 11 is 12.2. The predicted molar refractivity (Wildman–Crippen MR) is 144 cm³/mol. The number of amides is 1. The molecule has 0 radical (unpaired) electrons. The van der Waals surface area contributed by atoms with Crippen molar-refractivity contribution in [3.05, 3.63) is 69.2 Å². The van der Waals surface area contributed by atoms with E-state index in [4.69, 9.17) is 37.8 Å². The Kier molecular flexibility index (Phi) is 10.2. The minimum absolute atomic E-state index is 0.00842. The van der Waals surface area contributed by atoms with Gasteiger partial charge < -0.3 is 25.0 Å². The SMILES string of the molecule is N#C[C@]1(c2ccc(Cl)cc2F)[C@H](CC2CCOCC2)N[C@H](OC(=O)NCC[C@H](O)CO)[C@@H]1c1cccc(Cl)c1F. The molecular formula is C28H31Cl2F2N3O5. The largest absolute Gasteiger partial charge is 0.430 e. The smallest absolute Gasteiger partial charge is 0.408 e. The van der Waals surface area contributed by atoms with Crippen LogP contribution in [0.1, 0.15) is 42.7 Å². The number of hydrogen-bond acceptors (Lipinski definition) is 7. The topological polar surface area (TPSA) is 124 Å². The van der Waals surface area contributed by atoms with E-state index in [0.29, 0.717) is 19.6 Å². The van der Waals surface area contributed by atoms with Crippen LogP contribution >= 0.6 is 23.2 Å². The lowest BCUT2D eigenvalue weighted by atomic mass is 9.64. The quantitative estimate of drug-likeness (QED) is 0.338. The number of halogens is 4. The molecule has 0 unspecified atom stereocenters. The van der Waals surface area contributed by atoms with Gasteiger partial charge in [0.25, 0.3) is 0 Å². The van der Waals surface area contributed by atoms with Gasteiger partial charge in [0.2, 0.25) is 0 Å². The van der Waals surface area contributed by atoms with E-state index in [0.717, 1.165) is 18.9 Å². The van der Waals surface area contributed by atoms with Crippen LogP contribution in [0.4, 0.5) is 13.6 Å². The minimum Gasteiger partial charge on any atom is -0.430 e. The zero-order chi connectivity index (χ0) is 28.9. The number of aliphatic hydroxyl groups excluding tert-OH is 2. The molecule has 2 heterocycles. The average molecular weight is 598 g/mol. The molecule has 216 valence electrons. The molecule has 2 aromatic carbocycles. The van der Waals surface area contributed by atoms with Gasteiger partial charge in [-0.2, -0.15) is 5.26 Å². The Morgan fingerprint density at radius 3 is 2.70 bits per heavy atom. The number of rotatable bonds is 9. The van der Waals surface area contributed by atoms with Crippen LogP contribution in [0.25, 0.3) is 0 Å². The van der Waals surface area contributed by atoms with Crippen molar-refractivity contribution in [3.63, 3.8) is 0 Å². The highest BCUT2D eigenvalue weighted by molar-refractivity contribution is 6.31. The molecule has 2 fully saturated rings. The molecule has 12 heteroatoms. The number of nitriles is 1. The van der Waals surface area contributed by atoms with Crippen LogP contribution < -0.4 is 10.6 Å². The van der Waals surface area contributed by atoms with E-state index in [1.807, 2.05) is 0 Å². The molecule has 0 aliphatic carbocycles. The second kappa shape index (κ2) is 13.4. The molecule has 4 rings (SSSR count). The van der Waals surface area contributed by atoms with Crippen LogP contribution in [0.15, 0.2) is 36.4 Å². The summed E-state index contributed by atoms with van der Waals surface area (Å²) in [4.78, 5) is 12.8. The lowest BCUT2D eigenvalue weighted by Crippen LogP contribution is -2.44. The van der Waals surface area contributed by atoms with E-state index in [1.54, 1.807) is 0 Å². The first-order chi connectivity index (χ1) is 19.2. The molecule has 2 aromatic rings. The Bertz CT molecular complexity index is 1240. The summed E-state index contributed by atoms with van der Waals surface area (Å²) in [5.41, 5.74) is -1.75. The summed E-state index contributed by atoms with van der Waals surface area (Å²) in [5, 5.41) is 35.1. The molecule has 0 aromatic heterocycles. The maximum absolute atomic E-state index is 15.7. The van der Waals surface area contributed by atoms with Crippen LogP contribution in [-0.4, -0.2) is 61.0 Å². The molecule has 5 atom stereocenters. The maximum Gasteiger partial charge on any atom is 0.408 e. The number of carbonyl (C=O) groups is 1. The second-order valence-electron chi connectivity index (χ2n) is 10.1. The fourth-order valence-electron chi connectivity index (χ4n) is 5.70. The summed E-state index contributed by atoms with van der Waals surface area (Å²) < 4.78 is 42.5. The van der Waals surface area contributed by atoms with Crippen LogP contribution in [-0.2, 0) is 14.9 Å². The van der Waals surface area contributed by atoms with Gasteiger partial charge in [-0.1, -0.05) is 41.4 Å². The number of benzene rings is 2. The van der Waals surface area contributed by atoms with Crippen LogP contribution in [0.2, 0.25) is 10.0 Å². The van der Waals surface area contributed by atoms with Gasteiger partial charge in [0.15, 0.2) is 6.23 Å². The van der Waals surface area contributed by atoms with Gasteiger partial charge in [0.1, 0.15) is 17.0 Å². The van der Waals surface area contributed by atoms with Crippen molar-refractivity contribution in [3.8, 4) is 6.07 Å². The second-order valence-corrected chi connectivity index (χ2v) is 11.0. The molecule has 0 saturated carbocycles. The standard InChI is InChI=1S/C28H31Cl2F2N3O5/c29-17-4-5-20(22(31)13-17)28(15-33)23(12-16-7-10-39-11-8-16)35-26(40-27(38)34-9-6-18(37)14-36)24(28)19-2-1-3-21(30)25(19)32/h1-5,13,16,18,23-24,26,35-37H,6-12,14H2,(H,34,38)/t18-,23-,24-,26+,28-/m0/s1. The predicted octanol–water partition coefficient (Wildman–Crippen LogP) is 4.40. The van der Waals surface area contributed by atoms with Crippen LogP contribution in [0.3, 0.4) is 0 Å². The molecule has 40 heavy (non-hydrogen) atoms. The highest BCUT2D eigenvalue weighted by Gasteiger charge is 2.60. The third-order valence-corrected chi connectivity index (χ3v) is 8.22. The van der Waals surface area contributed by atoms with Gasteiger partial charge in [-0.05, 0) is 55.4 Å². The van der Waals surface area contributed by atoms with E-state index in [-0.39, 0.29) is 40.1 Å². The molecule has 0 spiro atoms. The Morgan fingerprint density at radius 2 is 2.02 bits per heavy atom. The van der Waals surface area contributed by atoms with E-state index < -0.39 is 54.0 Å². The van der Waals surface area contributed by atoms with E-state index in [9.17, 15) is 15.2 Å². The number of hydrogen-bond donors (Lipinski definition) is 4. The lowest BCUT2D eigenvalue weighted by Gasteiger charge is -2.36. The molecule has 2 saturated heterocycles. The van der Waals surface area contributed by atoms with Gasteiger partial charge in [-0.15, -0.1) is 0 Å². The fraction of sp³-hybridized carbons (Fsp3) is 0.500. The highest BCUT2D eigenvalue weighted by atomic mass is 35.5. The number of aliphatic hydroxyl groups is 2. The molecule has 8 nitrogen and oxygen atoms in total. The van der Waals surface area contributed by atoms with Gasteiger partial charge in [-0.25, -0.2) is 13.6 Å². The zero-order valence-electron chi connectivity index (χ0n) is 21.6. The third kappa shape index (κ3) is 6.35. The number of alkyl carbamates (subject to hydrolysis) is 1. The van der Waals surface area contributed by atoms with E-state index in [2.05, 4.69) is 16.7 Å². The molecule has 4 N–H and O–H groups in total. The first-order valence-corrected chi connectivity index (χ1v) is 13.8. The Labute approximate surface area is 241 Å². The van der Waals surface area contributed by atoms with Crippen molar-refractivity contribution in [2.75, 3.05) is 26.4 Å². The summed E-state index contributed by atoms with van der Waals surface area (Å²) in [6.45, 7) is 0.605. The summed E-state index contributed by atoms with van der Waals surface area (Å²) in [6.07, 6.45) is -1.26. The van der Waals surface area contributed by atoms with Crippen molar-refractivity contribution in [1.82, 2.24) is 10.6 Å². The van der Waals surface area contributed by atoms with Crippen LogP contribution in [0.5, 0.6) is 0 Å². The van der Waals surface area contributed by atoms with Crippen molar-refractivity contribution in [1.29, 1.82) is 5.26 Å². The number of nitrogens with one attached hydrogen (secondary N) is 2. The van der Waals surface area contributed by atoms with Crippen molar-refractivity contribution in [2.45, 2.75) is 55.4 Å². The molecular weight excluding hydrogens is 567 g/mol. The molecule has 2 aliphatic rings. The van der Waals surface area contributed by atoms with Gasteiger partial charge in [-0.3, -0.25) is 5.32 Å². The van der Waals surface area contributed by atoms with Crippen molar-refractivity contribution in [2.24, 2.45) is 5.92 Å². The summed E-state index contributed by atoms with van der Waals surface area (Å²) in [5.74, 6) is -2.64. The summed E-state index contributed by atoms with van der Waals surface area (Å²) in [7, 11) is 0. The lowest BCUT2D eigenvalue weighted by molar-refractivity contribution is 0.0566. The highest BCUT2D eigenvalue weighted by Crippen LogP contribution is 2.52. The first kappa shape index (κ1) is 30.4. The molecule has 1 amide bonds. The Morgan fingerprint density at radius 1 is 1.27 bits per heavy atom. The Balaban J connectivity index is 1.80. The van der Waals surface area contributed by atoms with Gasteiger partial charge in [0, 0.05) is 36.4 Å². The number of nitrogens with zero attached hydrogens (tertiary/aromatic N) is 1. The van der Waals surface area contributed by atoms with Gasteiger partial charge in [0.05, 0.1) is 29.7 Å². The summed E-state index contributed by atoms with van der Waals surface area (Å²) in [6, 6.07) is 9.82. The Hall–Kier alpha value is -2.52. The fourth-order valence-corrected chi connectivity index (χ4v) is 6.04. The van der Waals surface area contributed by atoms with Crippen LogP contribution in [0, 0.1) is 28.9 Å². The average Bonchev–Trinajstić information content (AvgIpc) is 3.23. The minimum atomic E-state index is -1.73. The first-order valence-electron chi connectivity index (χ1n) is 13.1. The number of ether oxygens (including phenoxy) is 2. The normalized spacial score (nSPS) is 25.8. The third-order valence-electron chi connectivity index (χ3n) is 7.69. The van der Waals surface area contributed by atoms with Crippen molar-refractivity contribution >= 4 is 29.3 Å². The molecule has 0 bridgehead atoms. The zero-order valence-corrected chi connectivity index (χ0v) is 23.1. The number of carbonyl (C=O) groups excluding carboxylic acids is 1. The van der Waals surface area contributed by atoms with Crippen molar-refractivity contribution < 1.29 is 33.3 Å². The van der Waals surface area contributed by atoms with E-state index in [1.165, 1.54) is 30.3 Å².